The van der Waals surface area contributed by atoms with Crippen molar-refractivity contribution in [1.82, 2.24) is 0 Å². The largest absolute Gasteiger partial charge is 0.489 e. The number of rotatable bonds is 5. The third-order valence-electron chi connectivity index (χ3n) is 2.85. The van der Waals surface area contributed by atoms with Crippen LogP contribution < -0.4 is 10.5 Å². The number of halogens is 1. The molecule has 19 heavy (non-hydrogen) atoms. The highest BCUT2D eigenvalue weighted by molar-refractivity contribution is 5.28. The molecule has 0 fully saturated rings. The normalized spacial score (nSPS) is 10.5. The minimum atomic E-state index is -0.302. The Hall–Kier alpha value is -1.91. The molecule has 0 aliphatic carbocycles. The molecule has 0 saturated heterocycles. The van der Waals surface area contributed by atoms with Crippen molar-refractivity contribution in [3.05, 3.63) is 65.0 Å². The van der Waals surface area contributed by atoms with E-state index < -0.39 is 0 Å². The Bertz CT molecular complexity index is 540. The van der Waals surface area contributed by atoms with Crippen molar-refractivity contribution in [1.29, 1.82) is 0 Å². The number of hydrogen-bond donors (Lipinski definition) is 2. The zero-order valence-corrected chi connectivity index (χ0v) is 10.5. The standard InChI is InChI=1S/C15H16FNO2/c16-15-6-3-12(8-17)7-13(15)10-19-14-4-1-11(9-18)2-5-14/h1-7,18H,8-10,17H2. The van der Waals surface area contributed by atoms with Crippen LogP contribution in [0.5, 0.6) is 5.75 Å². The van der Waals surface area contributed by atoms with E-state index in [-0.39, 0.29) is 19.0 Å². The summed E-state index contributed by atoms with van der Waals surface area (Å²) in [7, 11) is 0. The molecule has 4 heteroatoms. The van der Waals surface area contributed by atoms with E-state index >= 15 is 0 Å². The summed E-state index contributed by atoms with van der Waals surface area (Å²) in [6.07, 6.45) is 0. The van der Waals surface area contributed by atoms with E-state index in [9.17, 15) is 4.39 Å². The highest BCUT2D eigenvalue weighted by Gasteiger charge is 2.04. The van der Waals surface area contributed by atoms with E-state index in [1.54, 1.807) is 36.4 Å². The summed E-state index contributed by atoms with van der Waals surface area (Å²) >= 11 is 0. The number of ether oxygens (including phenoxy) is 1. The molecule has 2 rings (SSSR count). The number of aliphatic hydroxyl groups is 1. The Morgan fingerprint density at radius 2 is 1.74 bits per heavy atom. The molecule has 2 aromatic rings. The molecule has 0 radical (unpaired) electrons. The first kappa shape index (κ1) is 13.5. The van der Waals surface area contributed by atoms with Gasteiger partial charge < -0.3 is 15.6 Å². The van der Waals surface area contributed by atoms with Gasteiger partial charge in [-0.2, -0.15) is 0 Å². The lowest BCUT2D eigenvalue weighted by atomic mass is 10.1. The van der Waals surface area contributed by atoms with Crippen LogP contribution in [-0.2, 0) is 19.8 Å². The lowest BCUT2D eigenvalue weighted by Gasteiger charge is -2.09. The second kappa shape index (κ2) is 6.31. The van der Waals surface area contributed by atoms with Crippen LogP contribution in [0.1, 0.15) is 16.7 Å². The molecule has 0 atom stereocenters. The van der Waals surface area contributed by atoms with Gasteiger partial charge in [-0.1, -0.05) is 18.2 Å². The molecule has 100 valence electrons. The van der Waals surface area contributed by atoms with Crippen molar-refractivity contribution in [2.24, 2.45) is 5.73 Å². The van der Waals surface area contributed by atoms with Gasteiger partial charge in [0.25, 0.3) is 0 Å². The molecule has 0 aliphatic rings. The van der Waals surface area contributed by atoms with Gasteiger partial charge in [-0.05, 0) is 35.4 Å². The van der Waals surface area contributed by atoms with Gasteiger partial charge in [-0.25, -0.2) is 4.39 Å². The number of nitrogens with two attached hydrogens (primary N) is 1. The summed E-state index contributed by atoms with van der Waals surface area (Å²) in [5.74, 6) is 0.332. The molecule has 3 nitrogen and oxygen atoms in total. The predicted octanol–water partition coefficient (Wildman–Crippen LogP) is 2.36. The van der Waals surface area contributed by atoms with E-state index in [4.69, 9.17) is 15.6 Å². The zero-order chi connectivity index (χ0) is 13.7. The van der Waals surface area contributed by atoms with Crippen LogP contribution in [0.4, 0.5) is 4.39 Å². The Morgan fingerprint density at radius 1 is 1.05 bits per heavy atom. The van der Waals surface area contributed by atoms with E-state index in [1.807, 2.05) is 0 Å². The first-order valence-electron chi connectivity index (χ1n) is 6.03. The average molecular weight is 261 g/mol. The Balaban J connectivity index is 2.05. The highest BCUT2D eigenvalue weighted by Crippen LogP contribution is 2.16. The number of hydrogen-bond acceptors (Lipinski definition) is 3. The van der Waals surface area contributed by atoms with Crippen LogP contribution >= 0.6 is 0 Å². The fourth-order valence-electron chi connectivity index (χ4n) is 1.72. The van der Waals surface area contributed by atoms with Crippen molar-refractivity contribution < 1.29 is 14.2 Å². The summed E-state index contributed by atoms with van der Waals surface area (Å²) in [6, 6.07) is 11.8. The van der Waals surface area contributed by atoms with Gasteiger partial charge in [0, 0.05) is 12.1 Å². The molecule has 0 aromatic heterocycles. The SMILES string of the molecule is NCc1ccc(F)c(COc2ccc(CO)cc2)c1. The van der Waals surface area contributed by atoms with Crippen molar-refractivity contribution in [3.63, 3.8) is 0 Å². The molecule has 0 unspecified atom stereocenters. The van der Waals surface area contributed by atoms with Crippen LogP contribution in [0.3, 0.4) is 0 Å². The number of aliphatic hydroxyl groups excluding tert-OH is 1. The minimum Gasteiger partial charge on any atom is -0.489 e. The fraction of sp³-hybridized carbons (Fsp3) is 0.200. The molecule has 3 N–H and O–H groups in total. The second-order valence-corrected chi connectivity index (χ2v) is 4.22. The van der Waals surface area contributed by atoms with Crippen LogP contribution in [0.25, 0.3) is 0 Å². The van der Waals surface area contributed by atoms with Gasteiger partial charge >= 0.3 is 0 Å². The molecule has 0 spiro atoms. The summed E-state index contributed by atoms with van der Waals surface area (Å²) in [5.41, 5.74) is 7.68. The van der Waals surface area contributed by atoms with Crippen LogP contribution in [0.15, 0.2) is 42.5 Å². The van der Waals surface area contributed by atoms with E-state index in [2.05, 4.69) is 0 Å². The van der Waals surface area contributed by atoms with Gasteiger partial charge in [0.1, 0.15) is 18.2 Å². The average Bonchev–Trinajstić information content (AvgIpc) is 2.47. The minimum absolute atomic E-state index is 0.00649. The second-order valence-electron chi connectivity index (χ2n) is 4.22. The maximum Gasteiger partial charge on any atom is 0.129 e. The monoisotopic (exact) mass is 261 g/mol. The molecule has 2 aromatic carbocycles. The molecule has 0 heterocycles. The van der Waals surface area contributed by atoms with Crippen LogP contribution in [0.2, 0.25) is 0 Å². The quantitative estimate of drug-likeness (QED) is 0.868. The number of benzene rings is 2. The van der Waals surface area contributed by atoms with E-state index in [0.717, 1.165) is 11.1 Å². The van der Waals surface area contributed by atoms with Gasteiger partial charge in [-0.15, -0.1) is 0 Å². The molecule has 0 amide bonds. The zero-order valence-electron chi connectivity index (χ0n) is 10.5. The van der Waals surface area contributed by atoms with Crippen molar-refractivity contribution >= 4 is 0 Å². The van der Waals surface area contributed by atoms with Gasteiger partial charge in [0.05, 0.1) is 6.61 Å². The molecular weight excluding hydrogens is 245 g/mol. The Labute approximate surface area is 111 Å². The van der Waals surface area contributed by atoms with Crippen molar-refractivity contribution in [2.45, 2.75) is 19.8 Å². The molecular formula is C15H16FNO2. The summed E-state index contributed by atoms with van der Waals surface area (Å²) in [4.78, 5) is 0. The van der Waals surface area contributed by atoms with Crippen molar-refractivity contribution in [2.75, 3.05) is 0 Å². The van der Waals surface area contributed by atoms with E-state index in [0.29, 0.717) is 17.9 Å². The summed E-state index contributed by atoms with van der Waals surface area (Å²) in [6.45, 7) is 0.518. The van der Waals surface area contributed by atoms with E-state index in [1.165, 1.54) is 6.07 Å². The highest BCUT2D eigenvalue weighted by atomic mass is 19.1. The maximum atomic E-state index is 13.6. The lowest BCUT2D eigenvalue weighted by Crippen LogP contribution is -2.02. The third kappa shape index (κ3) is 3.53. The van der Waals surface area contributed by atoms with Crippen molar-refractivity contribution in [3.8, 4) is 5.75 Å². The van der Waals surface area contributed by atoms with Crippen LogP contribution in [0, 0.1) is 5.82 Å². The Morgan fingerprint density at radius 3 is 2.37 bits per heavy atom. The van der Waals surface area contributed by atoms with Crippen LogP contribution in [-0.4, -0.2) is 5.11 Å². The Kier molecular flexibility index (Phi) is 4.49. The first-order valence-corrected chi connectivity index (χ1v) is 6.03. The predicted molar refractivity (Wildman–Crippen MR) is 71.0 cm³/mol. The van der Waals surface area contributed by atoms with Gasteiger partial charge in [-0.3, -0.25) is 0 Å². The third-order valence-corrected chi connectivity index (χ3v) is 2.85. The molecule has 0 saturated carbocycles. The topological polar surface area (TPSA) is 55.5 Å². The van der Waals surface area contributed by atoms with Gasteiger partial charge in [0.2, 0.25) is 0 Å². The molecule has 0 bridgehead atoms. The smallest absolute Gasteiger partial charge is 0.129 e. The fourth-order valence-corrected chi connectivity index (χ4v) is 1.72. The summed E-state index contributed by atoms with van der Waals surface area (Å²) in [5, 5.41) is 8.93. The lowest BCUT2D eigenvalue weighted by molar-refractivity contribution is 0.280. The summed E-state index contributed by atoms with van der Waals surface area (Å²) < 4.78 is 19.1. The maximum absolute atomic E-state index is 13.6. The first-order chi connectivity index (χ1) is 9.22. The van der Waals surface area contributed by atoms with Gasteiger partial charge in [0.15, 0.2) is 0 Å². The molecule has 0 aliphatic heterocycles.